The molecule has 0 aliphatic heterocycles. The van der Waals surface area contributed by atoms with Crippen molar-refractivity contribution in [3.05, 3.63) is 0 Å². The highest BCUT2D eigenvalue weighted by Crippen LogP contribution is 1.94. The van der Waals surface area contributed by atoms with Gasteiger partial charge in [0.25, 0.3) is 0 Å². The maximum Gasteiger partial charge on any atom is 0.0534 e. The van der Waals surface area contributed by atoms with E-state index in [1.165, 1.54) is 0 Å². The van der Waals surface area contributed by atoms with Crippen molar-refractivity contribution in [3.63, 3.8) is 0 Å². The van der Waals surface area contributed by atoms with E-state index in [0.29, 0.717) is 13.2 Å². The molecule has 0 radical (unpaired) electrons. The number of aliphatic hydroxyl groups excluding tert-OH is 1. The number of rotatable bonds is 5. The number of hydrogen-bond acceptors (Lipinski definition) is 3. The highest BCUT2D eigenvalue weighted by molar-refractivity contribution is 4.52. The van der Waals surface area contributed by atoms with Crippen LogP contribution in [0.1, 0.15) is 0 Å². The Labute approximate surface area is 55.6 Å². The molecule has 3 heteroatoms. The molecule has 0 aliphatic carbocycles. The monoisotopic (exact) mass is 134 g/mol. The summed E-state index contributed by atoms with van der Waals surface area (Å²) in [5, 5.41) is 8.63. The zero-order chi connectivity index (χ0) is 7.11. The lowest BCUT2D eigenvalue weighted by atomic mass is 10.2. The van der Waals surface area contributed by atoms with Crippen LogP contribution >= 0.6 is 0 Å². The van der Waals surface area contributed by atoms with Gasteiger partial charge in [-0.2, -0.15) is 0 Å². The molecule has 0 amide bonds. The van der Waals surface area contributed by atoms with Gasteiger partial charge in [0.2, 0.25) is 0 Å². The number of aliphatic hydroxyl groups is 1. The van der Waals surface area contributed by atoms with Crippen LogP contribution in [0.5, 0.6) is 0 Å². The van der Waals surface area contributed by atoms with Gasteiger partial charge in [0.15, 0.2) is 0 Å². The fourth-order valence-electron chi connectivity index (χ4n) is 0.625. The standard InChI is InChI=1S/C6H14O3/c1-8-4-6(3-7)5-9-2/h6-7H,3-5H2,1-2H3. The molecule has 0 aromatic heterocycles. The normalized spacial score (nSPS) is 10.7. The van der Waals surface area contributed by atoms with Crippen molar-refractivity contribution in [2.24, 2.45) is 5.92 Å². The van der Waals surface area contributed by atoms with Crippen molar-refractivity contribution in [1.29, 1.82) is 0 Å². The van der Waals surface area contributed by atoms with Gasteiger partial charge in [-0.15, -0.1) is 0 Å². The Balaban J connectivity index is 3.18. The van der Waals surface area contributed by atoms with Crippen LogP contribution in [0, 0.1) is 5.92 Å². The molecular formula is C6H14O3. The fraction of sp³-hybridized carbons (Fsp3) is 1.00. The van der Waals surface area contributed by atoms with Gasteiger partial charge in [0.05, 0.1) is 19.8 Å². The second kappa shape index (κ2) is 6.01. The van der Waals surface area contributed by atoms with Gasteiger partial charge >= 0.3 is 0 Å². The van der Waals surface area contributed by atoms with Gasteiger partial charge in [-0.3, -0.25) is 0 Å². The van der Waals surface area contributed by atoms with Crippen LogP contribution in [0.3, 0.4) is 0 Å². The van der Waals surface area contributed by atoms with E-state index in [0.717, 1.165) is 0 Å². The summed E-state index contributed by atoms with van der Waals surface area (Å²) in [5.41, 5.74) is 0. The van der Waals surface area contributed by atoms with Crippen LogP contribution in [-0.4, -0.2) is 39.1 Å². The SMILES string of the molecule is COCC(CO)COC. The Bertz CT molecular complexity index is 50.3. The Morgan fingerprint density at radius 1 is 1.22 bits per heavy atom. The van der Waals surface area contributed by atoms with Crippen LogP contribution in [0.15, 0.2) is 0 Å². The Morgan fingerprint density at radius 2 is 1.67 bits per heavy atom. The molecule has 1 N–H and O–H groups in total. The van der Waals surface area contributed by atoms with Crippen LogP contribution in [0.4, 0.5) is 0 Å². The van der Waals surface area contributed by atoms with Gasteiger partial charge in [0.1, 0.15) is 0 Å². The largest absolute Gasteiger partial charge is 0.396 e. The molecule has 9 heavy (non-hydrogen) atoms. The van der Waals surface area contributed by atoms with Crippen molar-refractivity contribution in [3.8, 4) is 0 Å². The summed E-state index contributed by atoms with van der Waals surface area (Å²) in [5.74, 6) is 0.125. The first kappa shape index (κ1) is 8.88. The van der Waals surface area contributed by atoms with E-state index in [2.05, 4.69) is 0 Å². The molecule has 0 aliphatic rings. The van der Waals surface area contributed by atoms with Crippen molar-refractivity contribution in [2.45, 2.75) is 0 Å². The molecule has 0 heterocycles. The van der Waals surface area contributed by atoms with Crippen molar-refractivity contribution in [1.82, 2.24) is 0 Å². The molecule has 0 bridgehead atoms. The summed E-state index contributed by atoms with van der Waals surface area (Å²) in [6.07, 6.45) is 0. The average molecular weight is 134 g/mol. The minimum absolute atomic E-state index is 0.125. The van der Waals surface area contributed by atoms with Crippen molar-refractivity contribution >= 4 is 0 Å². The molecular weight excluding hydrogens is 120 g/mol. The van der Waals surface area contributed by atoms with E-state index < -0.39 is 0 Å². The van der Waals surface area contributed by atoms with E-state index in [-0.39, 0.29) is 12.5 Å². The molecule has 0 aromatic carbocycles. The van der Waals surface area contributed by atoms with E-state index in [1.54, 1.807) is 14.2 Å². The maximum atomic E-state index is 8.63. The highest BCUT2D eigenvalue weighted by atomic mass is 16.5. The van der Waals surface area contributed by atoms with Crippen molar-refractivity contribution < 1.29 is 14.6 Å². The minimum Gasteiger partial charge on any atom is -0.396 e. The number of hydrogen-bond donors (Lipinski definition) is 1. The Morgan fingerprint density at radius 3 is 1.89 bits per heavy atom. The van der Waals surface area contributed by atoms with Crippen LogP contribution < -0.4 is 0 Å². The second-order valence-corrected chi connectivity index (χ2v) is 1.96. The summed E-state index contributed by atoms with van der Waals surface area (Å²) in [6.45, 7) is 1.25. The van der Waals surface area contributed by atoms with E-state index >= 15 is 0 Å². The first-order valence-corrected chi connectivity index (χ1v) is 2.93. The molecule has 56 valence electrons. The van der Waals surface area contributed by atoms with Crippen molar-refractivity contribution in [2.75, 3.05) is 34.0 Å². The summed E-state index contributed by atoms with van der Waals surface area (Å²) >= 11 is 0. The first-order chi connectivity index (χ1) is 4.35. The van der Waals surface area contributed by atoms with Gasteiger partial charge in [-0.1, -0.05) is 0 Å². The predicted molar refractivity (Wildman–Crippen MR) is 34.3 cm³/mol. The Kier molecular flexibility index (Phi) is 5.93. The molecule has 0 saturated heterocycles. The zero-order valence-corrected chi connectivity index (χ0v) is 5.96. The summed E-state index contributed by atoms with van der Waals surface area (Å²) in [6, 6.07) is 0. The maximum absolute atomic E-state index is 8.63. The molecule has 0 rings (SSSR count). The topological polar surface area (TPSA) is 38.7 Å². The van der Waals surface area contributed by atoms with Crippen LogP contribution in [0.2, 0.25) is 0 Å². The summed E-state index contributed by atoms with van der Waals surface area (Å²) in [7, 11) is 3.22. The lowest BCUT2D eigenvalue weighted by Gasteiger charge is -2.10. The predicted octanol–water partition coefficient (Wildman–Crippen LogP) is -0.112. The molecule has 0 aromatic rings. The molecule has 0 atom stereocenters. The third kappa shape index (κ3) is 4.39. The average Bonchev–Trinajstić information content (AvgIpc) is 1.88. The molecule has 0 saturated carbocycles. The fourth-order valence-corrected chi connectivity index (χ4v) is 0.625. The van der Waals surface area contributed by atoms with E-state index in [9.17, 15) is 0 Å². The Hall–Kier alpha value is -0.120. The van der Waals surface area contributed by atoms with Crippen LogP contribution in [-0.2, 0) is 9.47 Å². The molecule has 0 spiro atoms. The molecule has 0 fully saturated rings. The van der Waals surface area contributed by atoms with Crippen LogP contribution in [0.25, 0.3) is 0 Å². The first-order valence-electron chi connectivity index (χ1n) is 2.93. The lowest BCUT2D eigenvalue weighted by Crippen LogP contribution is -2.18. The zero-order valence-electron chi connectivity index (χ0n) is 5.96. The van der Waals surface area contributed by atoms with Gasteiger partial charge in [0, 0.05) is 20.1 Å². The van der Waals surface area contributed by atoms with Gasteiger partial charge in [-0.25, -0.2) is 0 Å². The smallest absolute Gasteiger partial charge is 0.0534 e. The second-order valence-electron chi connectivity index (χ2n) is 1.96. The number of methoxy groups -OCH3 is 2. The molecule has 0 unspecified atom stereocenters. The summed E-state index contributed by atoms with van der Waals surface area (Å²) < 4.78 is 9.61. The lowest BCUT2D eigenvalue weighted by molar-refractivity contribution is 0.0518. The van der Waals surface area contributed by atoms with Gasteiger partial charge < -0.3 is 14.6 Å². The highest BCUT2D eigenvalue weighted by Gasteiger charge is 2.04. The third-order valence-electron chi connectivity index (χ3n) is 1.06. The third-order valence-corrected chi connectivity index (χ3v) is 1.06. The van der Waals surface area contributed by atoms with E-state index in [4.69, 9.17) is 14.6 Å². The van der Waals surface area contributed by atoms with E-state index in [1.807, 2.05) is 0 Å². The van der Waals surface area contributed by atoms with Gasteiger partial charge in [-0.05, 0) is 0 Å². The minimum atomic E-state index is 0.125. The quantitative estimate of drug-likeness (QED) is 0.570. The molecule has 3 nitrogen and oxygen atoms in total. The summed E-state index contributed by atoms with van der Waals surface area (Å²) in [4.78, 5) is 0. The number of ether oxygens (including phenoxy) is 2.